The van der Waals surface area contributed by atoms with E-state index in [2.05, 4.69) is 75.8 Å². The van der Waals surface area contributed by atoms with Crippen LogP contribution in [0.2, 0.25) is 0 Å². The Morgan fingerprint density at radius 1 is 0.485 bits per heavy atom. The number of amides is 2. The third-order valence-corrected chi connectivity index (χ3v) is 11.5. The molecule has 11 heteroatoms. The van der Waals surface area contributed by atoms with Gasteiger partial charge < -0.3 is 29.6 Å². The zero-order valence-corrected chi connectivity index (χ0v) is 41.2. The van der Waals surface area contributed by atoms with E-state index in [-0.39, 0.29) is 11.8 Å². The van der Waals surface area contributed by atoms with Crippen molar-refractivity contribution in [3.63, 3.8) is 0 Å². The van der Waals surface area contributed by atoms with Gasteiger partial charge in [-0.1, -0.05) is 84.9 Å². The van der Waals surface area contributed by atoms with E-state index in [1.807, 2.05) is 109 Å². The number of benzene rings is 6. The predicted molar refractivity (Wildman–Crippen MR) is 276 cm³/mol. The van der Waals surface area contributed by atoms with E-state index in [1.165, 1.54) is 7.11 Å². The number of carbonyl (C=O) groups excluding carboxylic acids is 3. The van der Waals surface area contributed by atoms with Crippen molar-refractivity contribution in [1.82, 2.24) is 9.80 Å². The van der Waals surface area contributed by atoms with Crippen LogP contribution in [0, 0.1) is 0 Å². The van der Waals surface area contributed by atoms with Crippen LogP contribution >= 0.6 is 0 Å². The molecule has 0 heterocycles. The Kier molecular flexibility index (Phi) is 19.8. The smallest absolute Gasteiger partial charge is 0.255 e. The Hall–Kier alpha value is -6.95. The monoisotopic (exact) mass is 921 g/mol. The topological polar surface area (TPSA) is 119 Å². The van der Waals surface area contributed by atoms with Crippen molar-refractivity contribution in [3.05, 3.63) is 156 Å². The molecule has 0 spiro atoms. The lowest BCUT2D eigenvalue weighted by atomic mass is 10.0. The molecular weight excluding hydrogens is 853 g/mol. The fraction of sp³-hybridized carbons (Fsp3) is 0.316. The molecule has 6 aromatic carbocycles. The number of aldehydes is 1. The van der Waals surface area contributed by atoms with E-state index in [4.69, 9.17) is 18.9 Å². The van der Waals surface area contributed by atoms with Crippen molar-refractivity contribution >= 4 is 29.5 Å². The Labute approximate surface area is 403 Å². The number of carbonyl (C=O) groups is 3. The Balaban J connectivity index is 0.000000255. The van der Waals surface area contributed by atoms with Crippen molar-refractivity contribution in [3.8, 4) is 45.3 Å². The first-order valence-corrected chi connectivity index (χ1v) is 23.3. The van der Waals surface area contributed by atoms with E-state index in [9.17, 15) is 14.4 Å². The number of hydrogen-bond donors (Lipinski definition) is 2. The van der Waals surface area contributed by atoms with Gasteiger partial charge in [0, 0.05) is 71.8 Å². The third kappa shape index (κ3) is 14.8. The molecule has 0 unspecified atom stereocenters. The minimum absolute atomic E-state index is 0.171. The predicted octanol–water partition coefficient (Wildman–Crippen LogP) is 12.0. The first-order valence-electron chi connectivity index (χ1n) is 23.3. The zero-order chi connectivity index (χ0) is 49.2. The Morgan fingerprint density at radius 2 is 0.897 bits per heavy atom. The van der Waals surface area contributed by atoms with Crippen molar-refractivity contribution in [2.24, 2.45) is 0 Å². The summed E-state index contributed by atoms with van der Waals surface area (Å²) in [5, 5.41) is 5.77. The van der Waals surface area contributed by atoms with Crippen LogP contribution in [0.15, 0.2) is 140 Å². The molecule has 0 aliphatic heterocycles. The van der Waals surface area contributed by atoms with Crippen molar-refractivity contribution in [1.29, 1.82) is 0 Å². The normalized spacial score (nSPS) is 11.1. The lowest BCUT2D eigenvalue weighted by Crippen LogP contribution is -2.39. The molecule has 0 aliphatic carbocycles. The SMILES string of the molecule is COc1cc(NC(=O)c2ccc(-c3ccccc3)cc2)c(C=O)cc1OCCN(C(C)C)C(C)C.COc1cc(NC(=O)c2ccc(-c3ccccc3)cc2)ccc1OCCN(C(C)C)C(C)C. The second-order valence-corrected chi connectivity index (χ2v) is 17.4. The minimum atomic E-state index is -0.312. The van der Waals surface area contributed by atoms with E-state index in [1.54, 1.807) is 37.4 Å². The second kappa shape index (κ2) is 25.8. The molecule has 358 valence electrons. The second-order valence-electron chi connectivity index (χ2n) is 17.4. The van der Waals surface area contributed by atoms with Gasteiger partial charge in [-0.15, -0.1) is 0 Å². The summed E-state index contributed by atoms with van der Waals surface area (Å²) in [6, 6.07) is 45.3. The summed E-state index contributed by atoms with van der Waals surface area (Å²) in [6.45, 7) is 19.9. The number of hydrogen-bond acceptors (Lipinski definition) is 9. The number of nitrogens with one attached hydrogen (secondary N) is 2. The van der Waals surface area contributed by atoms with Crippen molar-refractivity contribution < 1.29 is 33.3 Å². The van der Waals surface area contributed by atoms with Gasteiger partial charge in [-0.2, -0.15) is 0 Å². The van der Waals surface area contributed by atoms with E-state index in [0.29, 0.717) is 94.7 Å². The minimum Gasteiger partial charge on any atom is -0.493 e. The molecule has 2 N–H and O–H groups in total. The number of nitrogens with zero attached hydrogens (tertiary/aromatic N) is 2. The van der Waals surface area contributed by atoms with Crippen LogP contribution in [0.25, 0.3) is 22.3 Å². The number of anilines is 2. The largest absolute Gasteiger partial charge is 0.493 e. The number of methoxy groups -OCH3 is 2. The van der Waals surface area contributed by atoms with Crippen LogP contribution in [-0.4, -0.2) is 92.6 Å². The van der Waals surface area contributed by atoms with Gasteiger partial charge in [0.05, 0.1) is 19.9 Å². The standard InChI is InChI=1S/C29H34N2O4.C28H34N2O3/c1-20(2)31(21(3)4)15-16-35-28-17-25(19-32)26(18-27(28)34-5)30-29(33)24-13-11-23(12-14-24)22-9-7-6-8-10-22;1-20(2)30(21(3)4)17-18-33-26-16-15-25(19-27(26)32-5)29-28(31)24-13-11-23(12-14-24)22-9-7-6-8-10-22/h6-14,17-21H,15-16H2,1-5H3,(H,30,33);6-16,19-21H,17-18H2,1-5H3,(H,29,31). The van der Waals surface area contributed by atoms with E-state index in [0.717, 1.165) is 35.3 Å². The van der Waals surface area contributed by atoms with Crippen LogP contribution < -0.4 is 29.6 Å². The highest BCUT2D eigenvalue weighted by atomic mass is 16.5. The number of rotatable bonds is 21. The molecule has 6 rings (SSSR count). The fourth-order valence-electron chi connectivity index (χ4n) is 7.95. The molecule has 2 amide bonds. The Bertz CT molecular complexity index is 2490. The highest BCUT2D eigenvalue weighted by Gasteiger charge is 2.18. The average Bonchev–Trinajstić information content (AvgIpc) is 3.34. The van der Waals surface area contributed by atoms with Gasteiger partial charge in [0.25, 0.3) is 11.8 Å². The maximum absolute atomic E-state index is 12.9. The van der Waals surface area contributed by atoms with E-state index >= 15 is 0 Å². The first kappa shape index (κ1) is 52.0. The molecule has 0 bridgehead atoms. The Morgan fingerprint density at radius 3 is 1.32 bits per heavy atom. The van der Waals surface area contributed by atoms with Crippen molar-refractivity contribution in [2.45, 2.75) is 79.6 Å². The lowest BCUT2D eigenvalue weighted by Gasteiger charge is -2.30. The van der Waals surface area contributed by atoms with Gasteiger partial charge in [-0.3, -0.25) is 24.2 Å². The van der Waals surface area contributed by atoms with Crippen LogP contribution in [0.4, 0.5) is 11.4 Å². The summed E-state index contributed by atoms with van der Waals surface area (Å²) in [5.74, 6) is 1.68. The highest BCUT2D eigenvalue weighted by molar-refractivity contribution is 6.07. The summed E-state index contributed by atoms with van der Waals surface area (Å²) in [7, 11) is 3.13. The maximum Gasteiger partial charge on any atom is 0.255 e. The van der Waals surface area contributed by atoms with Crippen molar-refractivity contribution in [2.75, 3.05) is 51.2 Å². The molecule has 0 saturated heterocycles. The fourth-order valence-corrected chi connectivity index (χ4v) is 7.95. The summed E-state index contributed by atoms with van der Waals surface area (Å²) in [6.07, 6.45) is 0.703. The molecule has 0 fully saturated rings. The first-order chi connectivity index (χ1) is 32.7. The van der Waals surface area contributed by atoms with Crippen LogP contribution in [-0.2, 0) is 0 Å². The summed E-state index contributed by atoms with van der Waals surface area (Å²) < 4.78 is 22.9. The summed E-state index contributed by atoms with van der Waals surface area (Å²) in [4.78, 5) is 42.1. The van der Waals surface area contributed by atoms with Gasteiger partial charge >= 0.3 is 0 Å². The third-order valence-electron chi connectivity index (χ3n) is 11.5. The molecule has 68 heavy (non-hydrogen) atoms. The van der Waals surface area contributed by atoms with Gasteiger partial charge in [-0.25, -0.2) is 0 Å². The molecular formula is C57H68N4O7. The van der Waals surface area contributed by atoms with Gasteiger partial charge in [0.2, 0.25) is 0 Å². The molecule has 6 aromatic rings. The molecule has 11 nitrogen and oxygen atoms in total. The molecule has 0 saturated carbocycles. The van der Waals surface area contributed by atoms with Gasteiger partial charge in [-0.05, 0) is 120 Å². The van der Waals surface area contributed by atoms with Gasteiger partial charge in [0.15, 0.2) is 29.3 Å². The molecule has 0 aliphatic rings. The van der Waals surface area contributed by atoms with Crippen LogP contribution in [0.5, 0.6) is 23.0 Å². The molecule has 0 aromatic heterocycles. The molecule has 0 atom stereocenters. The quantitative estimate of drug-likeness (QED) is 0.0680. The summed E-state index contributed by atoms with van der Waals surface area (Å²) in [5.41, 5.74) is 6.72. The van der Waals surface area contributed by atoms with Crippen LogP contribution in [0.3, 0.4) is 0 Å². The molecule has 0 radical (unpaired) electrons. The summed E-state index contributed by atoms with van der Waals surface area (Å²) >= 11 is 0. The lowest BCUT2D eigenvalue weighted by molar-refractivity contribution is 0.101. The zero-order valence-electron chi connectivity index (χ0n) is 41.2. The number of ether oxygens (including phenoxy) is 4. The average molecular weight is 921 g/mol. The van der Waals surface area contributed by atoms with Gasteiger partial charge in [0.1, 0.15) is 13.2 Å². The van der Waals surface area contributed by atoms with E-state index < -0.39 is 0 Å². The van der Waals surface area contributed by atoms with Crippen LogP contribution in [0.1, 0.15) is 86.5 Å². The maximum atomic E-state index is 12.9. The highest BCUT2D eigenvalue weighted by Crippen LogP contribution is 2.34.